The Morgan fingerprint density at radius 3 is 2.43 bits per heavy atom. The van der Waals surface area contributed by atoms with Gasteiger partial charge < -0.3 is 15.0 Å². The van der Waals surface area contributed by atoms with Gasteiger partial charge in [-0.05, 0) is 37.3 Å². The second kappa shape index (κ2) is 7.82. The standard InChI is InChI=1S/C21H22N4O3/c1-2-25-21(27)18-6-4-3-5-17(18)19(23-25)20(26)22-15-7-9-16(10-8-15)24-11-13-28-14-12-24/h3-10H,2,11-14H2,1H3,(H,22,26). The molecule has 144 valence electrons. The van der Waals surface area contributed by atoms with Gasteiger partial charge in [-0.3, -0.25) is 9.59 Å². The van der Waals surface area contributed by atoms with Crippen molar-refractivity contribution in [1.82, 2.24) is 9.78 Å². The number of carbonyl (C=O) groups excluding carboxylic acids is 1. The highest BCUT2D eigenvalue weighted by atomic mass is 16.5. The topological polar surface area (TPSA) is 76.5 Å². The summed E-state index contributed by atoms with van der Waals surface area (Å²) >= 11 is 0. The first kappa shape index (κ1) is 18.2. The highest BCUT2D eigenvalue weighted by Crippen LogP contribution is 2.20. The van der Waals surface area contributed by atoms with E-state index in [1.54, 1.807) is 24.3 Å². The number of morpholine rings is 1. The summed E-state index contributed by atoms with van der Waals surface area (Å²) in [4.78, 5) is 27.6. The van der Waals surface area contributed by atoms with Crippen molar-refractivity contribution in [3.8, 4) is 0 Å². The number of nitrogens with zero attached hydrogens (tertiary/aromatic N) is 3. The fourth-order valence-electron chi connectivity index (χ4n) is 3.38. The molecule has 2 aromatic carbocycles. The van der Waals surface area contributed by atoms with Gasteiger partial charge in [0.05, 0.1) is 18.6 Å². The van der Waals surface area contributed by atoms with Crippen LogP contribution in [0.15, 0.2) is 53.3 Å². The number of anilines is 2. The average Bonchev–Trinajstić information content (AvgIpc) is 2.75. The van der Waals surface area contributed by atoms with E-state index in [0.717, 1.165) is 32.0 Å². The van der Waals surface area contributed by atoms with Gasteiger partial charge >= 0.3 is 0 Å². The Balaban J connectivity index is 1.60. The summed E-state index contributed by atoms with van der Waals surface area (Å²) in [6.07, 6.45) is 0. The summed E-state index contributed by atoms with van der Waals surface area (Å²) in [5.41, 5.74) is 1.84. The lowest BCUT2D eigenvalue weighted by molar-refractivity contribution is 0.102. The van der Waals surface area contributed by atoms with E-state index < -0.39 is 0 Å². The largest absolute Gasteiger partial charge is 0.378 e. The van der Waals surface area contributed by atoms with E-state index in [1.165, 1.54) is 4.68 Å². The van der Waals surface area contributed by atoms with Crippen LogP contribution < -0.4 is 15.8 Å². The second-order valence-corrected chi connectivity index (χ2v) is 6.62. The van der Waals surface area contributed by atoms with Gasteiger partial charge in [-0.15, -0.1) is 0 Å². The number of carbonyl (C=O) groups is 1. The van der Waals surface area contributed by atoms with Crippen molar-refractivity contribution < 1.29 is 9.53 Å². The van der Waals surface area contributed by atoms with Crippen LogP contribution in [-0.2, 0) is 11.3 Å². The van der Waals surface area contributed by atoms with Crippen molar-refractivity contribution in [1.29, 1.82) is 0 Å². The molecule has 1 N–H and O–H groups in total. The van der Waals surface area contributed by atoms with Gasteiger partial charge in [-0.2, -0.15) is 5.10 Å². The first-order valence-corrected chi connectivity index (χ1v) is 9.41. The van der Waals surface area contributed by atoms with Crippen LogP contribution in [-0.4, -0.2) is 42.0 Å². The quantitative estimate of drug-likeness (QED) is 0.755. The summed E-state index contributed by atoms with van der Waals surface area (Å²) in [5.74, 6) is -0.336. The fourth-order valence-corrected chi connectivity index (χ4v) is 3.38. The molecule has 3 aromatic rings. The molecule has 0 aliphatic carbocycles. The first-order chi connectivity index (χ1) is 13.7. The molecule has 1 fully saturated rings. The minimum atomic E-state index is -0.336. The molecule has 2 heterocycles. The maximum absolute atomic E-state index is 12.9. The number of benzene rings is 2. The number of ether oxygens (including phenoxy) is 1. The number of hydrogen-bond acceptors (Lipinski definition) is 5. The van der Waals surface area contributed by atoms with Gasteiger partial charge in [-0.25, -0.2) is 4.68 Å². The Bertz CT molecular complexity index is 1050. The maximum atomic E-state index is 12.9. The molecule has 7 nitrogen and oxygen atoms in total. The monoisotopic (exact) mass is 378 g/mol. The van der Waals surface area contributed by atoms with E-state index in [4.69, 9.17) is 4.74 Å². The summed E-state index contributed by atoms with van der Waals surface area (Å²) in [7, 11) is 0. The molecule has 1 aromatic heterocycles. The number of fused-ring (bicyclic) bond motifs is 1. The lowest BCUT2D eigenvalue weighted by Crippen LogP contribution is -2.36. The number of amides is 1. The fraction of sp³-hybridized carbons (Fsp3) is 0.286. The van der Waals surface area contributed by atoms with Crippen LogP contribution in [0.3, 0.4) is 0 Å². The molecule has 1 saturated heterocycles. The van der Waals surface area contributed by atoms with E-state index in [9.17, 15) is 9.59 Å². The van der Waals surface area contributed by atoms with Crippen LogP contribution >= 0.6 is 0 Å². The number of aryl methyl sites for hydroxylation is 1. The molecule has 0 spiro atoms. The van der Waals surface area contributed by atoms with Crippen molar-refractivity contribution in [2.75, 3.05) is 36.5 Å². The lowest BCUT2D eigenvalue weighted by atomic mass is 10.1. The van der Waals surface area contributed by atoms with Crippen LogP contribution in [0.1, 0.15) is 17.4 Å². The summed E-state index contributed by atoms with van der Waals surface area (Å²) in [6.45, 7) is 5.41. The zero-order valence-electron chi connectivity index (χ0n) is 15.7. The van der Waals surface area contributed by atoms with E-state index in [-0.39, 0.29) is 17.2 Å². The van der Waals surface area contributed by atoms with Gasteiger partial charge in [0.25, 0.3) is 11.5 Å². The van der Waals surface area contributed by atoms with Crippen molar-refractivity contribution in [2.24, 2.45) is 0 Å². The van der Waals surface area contributed by atoms with Crippen molar-refractivity contribution in [3.63, 3.8) is 0 Å². The Morgan fingerprint density at radius 2 is 1.75 bits per heavy atom. The van der Waals surface area contributed by atoms with E-state index in [0.29, 0.717) is 23.0 Å². The Labute approximate surface area is 162 Å². The predicted octanol–water partition coefficient (Wildman–Crippen LogP) is 2.51. The molecule has 0 atom stereocenters. The Hall–Kier alpha value is -3.19. The second-order valence-electron chi connectivity index (χ2n) is 6.62. The van der Waals surface area contributed by atoms with Gasteiger partial charge in [0.15, 0.2) is 5.69 Å². The van der Waals surface area contributed by atoms with Crippen molar-refractivity contribution in [3.05, 3.63) is 64.6 Å². The minimum absolute atomic E-state index is 0.190. The third-order valence-electron chi connectivity index (χ3n) is 4.88. The summed E-state index contributed by atoms with van der Waals surface area (Å²) in [6, 6.07) is 14.8. The van der Waals surface area contributed by atoms with Crippen molar-refractivity contribution in [2.45, 2.75) is 13.5 Å². The molecule has 7 heteroatoms. The first-order valence-electron chi connectivity index (χ1n) is 9.41. The average molecular weight is 378 g/mol. The van der Waals surface area contributed by atoms with Gasteiger partial charge in [0.2, 0.25) is 0 Å². The zero-order chi connectivity index (χ0) is 19.5. The smallest absolute Gasteiger partial charge is 0.276 e. The van der Waals surface area contributed by atoms with Crippen LogP contribution in [0.2, 0.25) is 0 Å². The van der Waals surface area contributed by atoms with Crippen LogP contribution in [0.4, 0.5) is 11.4 Å². The molecule has 0 unspecified atom stereocenters. The van der Waals surface area contributed by atoms with Crippen LogP contribution in [0.5, 0.6) is 0 Å². The Kier molecular flexibility index (Phi) is 5.08. The third-order valence-corrected chi connectivity index (χ3v) is 4.88. The molecule has 0 saturated carbocycles. The zero-order valence-corrected chi connectivity index (χ0v) is 15.7. The number of rotatable bonds is 4. The third kappa shape index (κ3) is 3.48. The molecule has 0 bridgehead atoms. The molecule has 0 radical (unpaired) electrons. The minimum Gasteiger partial charge on any atom is -0.378 e. The van der Waals surface area contributed by atoms with Gasteiger partial charge in [-0.1, -0.05) is 18.2 Å². The predicted molar refractivity (Wildman–Crippen MR) is 109 cm³/mol. The SMILES string of the molecule is CCn1nc(C(=O)Nc2ccc(N3CCOCC3)cc2)c2ccccc2c1=O. The molecule has 1 amide bonds. The molecule has 28 heavy (non-hydrogen) atoms. The van der Waals surface area contributed by atoms with Crippen molar-refractivity contribution >= 4 is 28.1 Å². The molecule has 1 aliphatic rings. The van der Waals surface area contributed by atoms with E-state index >= 15 is 0 Å². The normalized spacial score (nSPS) is 14.2. The molecule has 1 aliphatic heterocycles. The number of nitrogens with one attached hydrogen (secondary N) is 1. The molecular weight excluding hydrogens is 356 g/mol. The summed E-state index contributed by atoms with van der Waals surface area (Å²) in [5, 5.41) is 8.22. The van der Waals surface area contributed by atoms with Gasteiger partial charge in [0, 0.05) is 36.4 Å². The highest BCUT2D eigenvalue weighted by molar-refractivity contribution is 6.11. The number of aromatic nitrogens is 2. The number of hydrogen-bond donors (Lipinski definition) is 1. The molecule has 4 rings (SSSR count). The van der Waals surface area contributed by atoms with Crippen LogP contribution in [0.25, 0.3) is 10.8 Å². The maximum Gasteiger partial charge on any atom is 0.276 e. The Morgan fingerprint density at radius 1 is 1.07 bits per heavy atom. The lowest BCUT2D eigenvalue weighted by Gasteiger charge is -2.28. The van der Waals surface area contributed by atoms with Crippen LogP contribution in [0, 0.1) is 0 Å². The van der Waals surface area contributed by atoms with E-state index in [2.05, 4.69) is 15.3 Å². The molecular formula is C21H22N4O3. The van der Waals surface area contributed by atoms with Gasteiger partial charge in [0.1, 0.15) is 0 Å². The van der Waals surface area contributed by atoms with E-state index in [1.807, 2.05) is 31.2 Å². The summed E-state index contributed by atoms with van der Waals surface area (Å²) < 4.78 is 6.70. The highest BCUT2D eigenvalue weighted by Gasteiger charge is 2.17.